The fourth-order valence-electron chi connectivity index (χ4n) is 3.04. The first-order valence-corrected chi connectivity index (χ1v) is 6.59. The standard InChI is InChI=1S/C14H20N2O/c17-14(12-7-3-4-8-15-12)13-11-6-2-1-5-10(11)9-16-13/h1-2,5-6,12-17H,3-4,7-9H2. The second kappa shape index (κ2) is 4.77. The Morgan fingerprint density at radius 1 is 1.18 bits per heavy atom. The van der Waals surface area contributed by atoms with Gasteiger partial charge in [0.25, 0.3) is 0 Å². The first kappa shape index (κ1) is 11.2. The third kappa shape index (κ3) is 2.10. The van der Waals surface area contributed by atoms with Crippen LogP contribution in [0.2, 0.25) is 0 Å². The van der Waals surface area contributed by atoms with E-state index in [1.807, 2.05) is 0 Å². The Bertz CT molecular complexity index is 388. The van der Waals surface area contributed by atoms with Crippen LogP contribution < -0.4 is 10.6 Å². The quantitative estimate of drug-likeness (QED) is 0.721. The minimum Gasteiger partial charge on any atom is -0.390 e. The second-order valence-electron chi connectivity index (χ2n) is 5.10. The van der Waals surface area contributed by atoms with Gasteiger partial charge >= 0.3 is 0 Å². The lowest BCUT2D eigenvalue weighted by Gasteiger charge is -2.32. The molecule has 1 aromatic rings. The number of nitrogens with one attached hydrogen (secondary N) is 2. The van der Waals surface area contributed by atoms with Crippen molar-refractivity contribution in [2.45, 2.75) is 44.0 Å². The normalized spacial score (nSPS) is 29.9. The molecule has 3 heteroatoms. The molecule has 3 nitrogen and oxygen atoms in total. The largest absolute Gasteiger partial charge is 0.390 e. The van der Waals surface area contributed by atoms with Gasteiger partial charge in [-0.25, -0.2) is 0 Å². The van der Waals surface area contributed by atoms with E-state index in [1.165, 1.54) is 24.0 Å². The van der Waals surface area contributed by atoms with Gasteiger partial charge in [-0.05, 0) is 30.5 Å². The van der Waals surface area contributed by atoms with Crippen molar-refractivity contribution < 1.29 is 5.11 Å². The summed E-state index contributed by atoms with van der Waals surface area (Å²) >= 11 is 0. The molecule has 0 radical (unpaired) electrons. The molecule has 3 rings (SSSR count). The van der Waals surface area contributed by atoms with Crippen molar-refractivity contribution in [2.24, 2.45) is 0 Å². The van der Waals surface area contributed by atoms with E-state index < -0.39 is 0 Å². The van der Waals surface area contributed by atoms with Gasteiger partial charge in [0.05, 0.1) is 12.1 Å². The summed E-state index contributed by atoms with van der Waals surface area (Å²) in [5, 5.41) is 17.4. The molecule has 3 unspecified atom stereocenters. The Labute approximate surface area is 102 Å². The van der Waals surface area contributed by atoms with Crippen molar-refractivity contribution in [3.8, 4) is 0 Å². The monoisotopic (exact) mass is 232 g/mol. The predicted molar refractivity (Wildman–Crippen MR) is 67.7 cm³/mol. The number of rotatable bonds is 2. The summed E-state index contributed by atoms with van der Waals surface area (Å²) in [4.78, 5) is 0. The van der Waals surface area contributed by atoms with Crippen LogP contribution in [0.5, 0.6) is 0 Å². The van der Waals surface area contributed by atoms with Gasteiger partial charge in [0, 0.05) is 12.6 Å². The lowest BCUT2D eigenvalue weighted by molar-refractivity contribution is 0.0786. The lowest BCUT2D eigenvalue weighted by Crippen LogP contribution is -2.47. The zero-order chi connectivity index (χ0) is 11.7. The second-order valence-corrected chi connectivity index (χ2v) is 5.10. The maximum absolute atomic E-state index is 10.5. The molecule has 2 heterocycles. The third-order valence-electron chi connectivity index (χ3n) is 4.00. The van der Waals surface area contributed by atoms with Gasteiger partial charge in [0.2, 0.25) is 0 Å². The SMILES string of the molecule is OC(C1CCCCN1)C1NCc2ccccc21. The summed E-state index contributed by atoms with van der Waals surface area (Å²) < 4.78 is 0. The Kier molecular flexibility index (Phi) is 3.14. The molecule has 17 heavy (non-hydrogen) atoms. The molecule has 0 spiro atoms. The van der Waals surface area contributed by atoms with Crippen molar-refractivity contribution in [3.63, 3.8) is 0 Å². The molecule has 1 fully saturated rings. The number of hydrogen-bond acceptors (Lipinski definition) is 3. The van der Waals surface area contributed by atoms with Gasteiger partial charge in [-0.2, -0.15) is 0 Å². The number of aliphatic hydroxyl groups excluding tert-OH is 1. The van der Waals surface area contributed by atoms with E-state index in [9.17, 15) is 5.11 Å². The number of fused-ring (bicyclic) bond motifs is 1. The average Bonchev–Trinajstić information content (AvgIpc) is 2.83. The van der Waals surface area contributed by atoms with Crippen molar-refractivity contribution in [1.29, 1.82) is 0 Å². The molecule has 1 saturated heterocycles. The van der Waals surface area contributed by atoms with Crippen molar-refractivity contribution in [3.05, 3.63) is 35.4 Å². The van der Waals surface area contributed by atoms with Crippen LogP contribution >= 0.6 is 0 Å². The molecule has 0 amide bonds. The molecular formula is C14H20N2O. The van der Waals surface area contributed by atoms with E-state index in [1.54, 1.807) is 0 Å². The first-order valence-electron chi connectivity index (χ1n) is 6.59. The minimum absolute atomic E-state index is 0.0989. The van der Waals surface area contributed by atoms with Crippen LogP contribution in [-0.4, -0.2) is 23.8 Å². The molecule has 0 bridgehead atoms. The zero-order valence-electron chi connectivity index (χ0n) is 10.0. The number of piperidine rings is 1. The average molecular weight is 232 g/mol. The zero-order valence-corrected chi connectivity index (χ0v) is 10.0. The maximum atomic E-state index is 10.5. The van der Waals surface area contributed by atoms with E-state index in [0.29, 0.717) is 0 Å². The lowest BCUT2D eigenvalue weighted by atomic mass is 9.91. The van der Waals surface area contributed by atoms with E-state index in [-0.39, 0.29) is 18.2 Å². The van der Waals surface area contributed by atoms with Gasteiger partial charge in [-0.1, -0.05) is 30.7 Å². The highest BCUT2D eigenvalue weighted by Gasteiger charge is 2.33. The summed E-state index contributed by atoms with van der Waals surface area (Å²) in [6, 6.07) is 8.73. The molecule has 0 aliphatic carbocycles. The topological polar surface area (TPSA) is 44.3 Å². The Morgan fingerprint density at radius 2 is 2.06 bits per heavy atom. The fourth-order valence-corrected chi connectivity index (χ4v) is 3.04. The van der Waals surface area contributed by atoms with Crippen molar-refractivity contribution in [2.75, 3.05) is 6.54 Å². The van der Waals surface area contributed by atoms with Crippen LogP contribution in [0.3, 0.4) is 0 Å². The summed E-state index contributed by atoms with van der Waals surface area (Å²) in [7, 11) is 0. The fraction of sp³-hybridized carbons (Fsp3) is 0.571. The van der Waals surface area contributed by atoms with E-state index in [2.05, 4.69) is 34.9 Å². The van der Waals surface area contributed by atoms with Crippen LogP contribution in [0.25, 0.3) is 0 Å². The van der Waals surface area contributed by atoms with E-state index in [0.717, 1.165) is 19.5 Å². The molecule has 3 atom stereocenters. The van der Waals surface area contributed by atoms with E-state index >= 15 is 0 Å². The summed E-state index contributed by atoms with van der Waals surface area (Å²) in [5.41, 5.74) is 2.60. The van der Waals surface area contributed by atoms with Gasteiger partial charge in [0.15, 0.2) is 0 Å². The number of benzene rings is 1. The third-order valence-corrected chi connectivity index (χ3v) is 4.00. The highest BCUT2D eigenvalue weighted by Crippen LogP contribution is 2.30. The van der Waals surface area contributed by atoms with Crippen LogP contribution in [0.1, 0.15) is 36.4 Å². The molecule has 0 saturated carbocycles. The van der Waals surface area contributed by atoms with Crippen LogP contribution in [0.4, 0.5) is 0 Å². The molecule has 2 aliphatic rings. The van der Waals surface area contributed by atoms with Crippen molar-refractivity contribution >= 4 is 0 Å². The highest BCUT2D eigenvalue weighted by molar-refractivity contribution is 5.34. The Hall–Kier alpha value is -0.900. The smallest absolute Gasteiger partial charge is 0.0887 e. The van der Waals surface area contributed by atoms with Gasteiger partial charge in [-0.3, -0.25) is 0 Å². The Balaban J connectivity index is 1.76. The molecule has 0 aromatic heterocycles. The molecule has 2 aliphatic heterocycles. The van der Waals surface area contributed by atoms with Gasteiger partial charge in [-0.15, -0.1) is 0 Å². The molecule has 92 valence electrons. The van der Waals surface area contributed by atoms with Crippen LogP contribution in [0.15, 0.2) is 24.3 Å². The molecule has 1 aromatic carbocycles. The highest BCUT2D eigenvalue weighted by atomic mass is 16.3. The summed E-state index contributed by atoms with van der Waals surface area (Å²) in [5.74, 6) is 0. The Morgan fingerprint density at radius 3 is 2.88 bits per heavy atom. The first-order chi connectivity index (χ1) is 8.36. The molecule has 3 N–H and O–H groups in total. The molecular weight excluding hydrogens is 212 g/mol. The maximum Gasteiger partial charge on any atom is 0.0887 e. The van der Waals surface area contributed by atoms with Crippen LogP contribution in [-0.2, 0) is 6.54 Å². The number of aliphatic hydroxyl groups is 1. The predicted octanol–water partition coefficient (Wildman–Crippen LogP) is 1.33. The van der Waals surface area contributed by atoms with Crippen LogP contribution in [0, 0.1) is 0 Å². The van der Waals surface area contributed by atoms with Gasteiger partial charge < -0.3 is 15.7 Å². The van der Waals surface area contributed by atoms with Crippen molar-refractivity contribution in [1.82, 2.24) is 10.6 Å². The summed E-state index contributed by atoms with van der Waals surface area (Å²) in [6.07, 6.45) is 3.22. The van der Waals surface area contributed by atoms with E-state index in [4.69, 9.17) is 0 Å². The minimum atomic E-state index is -0.320. The summed E-state index contributed by atoms with van der Waals surface area (Å²) in [6.45, 7) is 1.92. The van der Waals surface area contributed by atoms with Gasteiger partial charge in [0.1, 0.15) is 0 Å². The number of hydrogen-bond donors (Lipinski definition) is 3.